The van der Waals surface area contributed by atoms with Gasteiger partial charge in [-0.3, -0.25) is 19.4 Å². The van der Waals surface area contributed by atoms with Crippen molar-refractivity contribution in [1.82, 2.24) is 9.88 Å². The van der Waals surface area contributed by atoms with Crippen LogP contribution in [0.1, 0.15) is 64.9 Å². The van der Waals surface area contributed by atoms with Gasteiger partial charge in [0.25, 0.3) is 0 Å². The summed E-state index contributed by atoms with van der Waals surface area (Å²) >= 11 is 0. The van der Waals surface area contributed by atoms with Crippen LogP contribution in [-0.4, -0.2) is 60.9 Å². The molecule has 8 nitrogen and oxygen atoms in total. The Hall–Kier alpha value is -3.42. The molecule has 1 aliphatic heterocycles. The number of hydrogen-bond acceptors (Lipinski definition) is 5. The third-order valence-corrected chi connectivity index (χ3v) is 8.03. The van der Waals surface area contributed by atoms with E-state index in [1.165, 1.54) is 6.42 Å². The van der Waals surface area contributed by atoms with Crippen LogP contribution in [0, 0.1) is 11.3 Å². The first kappa shape index (κ1) is 28.6. The van der Waals surface area contributed by atoms with Gasteiger partial charge in [0.15, 0.2) is 0 Å². The van der Waals surface area contributed by atoms with Crippen LogP contribution >= 0.6 is 0 Å². The molecule has 1 saturated carbocycles. The molecule has 4 rings (SSSR count). The number of carbonyl (C=O) groups excluding carboxylic acids is 3. The van der Waals surface area contributed by atoms with Crippen LogP contribution in [-0.2, 0) is 20.8 Å². The number of nitrogens with zero attached hydrogens (tertiary/aromatic N) is 4. The number of fused-ring (bicyclic) bond motifs is 1. The summed E-state index contributed by atoms with van der Waals surface area (Å²) in [5.74, 6) is 0.572. The van der Waals surface area contributed by atoms with E-state index in [-0.39, 0.29) is 23.6 Å². The van der Waals surface area contributed by atoms with Crippen molar-refractivity contribution >= 4 is 29.1 Å². The molecule has 2 heterocycles. The fourth-order valence-corrected chi connectivity index (χ4v) is 5.67. The van der Waals surface area contributed by atoms with Crippen molar-refractivity contribution in [3.05, 3.63) is 48.3 Å². The molecule has 1 aliphatic carbocycles. The summed E-state index contributed by atoms with van der Waals surface area (Å²) in [7, 11) is 1.70. The van der Waals surface area contributed by atoms with Crippen LogP contribution in [0.25, 0.3) is 0 Å². The summed E-state index contributed by atoms with van der Waals surface area (Å²) in [5, 5.41) is 0. The highest BCUT2D eigenvalue weighted by Gasteiger charge is 2.45. The third kappa shape index (κ3) is 6.43. The molecule has 1 aromatic heterocycles. The normalized spacial score (nSPS) is 17.5. The van der Waals surface area contributed by atoms with Gasteiger partial charge in [-0.1, -0.05) is 25.3 Å². The first-order valence-corrected chi connectivity index (χ1v) is 14.3. The van der Waals surface area contributed by atoms with E-state index in [0.717, 1.165) is 37.7 Å². The van der Waals surface area contributed by atoms with Gasteiger partial charge in [0.05, 0.1) is 18.0 Å². The van der Waals surface area contributed by atoms with Crippen molar-refractivity contribution in [2.24, 2.45) is 11.3 Å². The van der Waals surface area contributed by atoms with Gasteiger partial charge in [-0.05, 0) is 70.2 Å². The topological polar surface area (TPSA) is 83.1 Å². The quantitative estimate of drug-likeness (QED) is 0.321. The lowest BCUT2D eigenvalue weighted by Crippen LogP contribution is -2.47. The zero-order chi connectivity index (χ0) is 28.0. The van der Waals surface area contributed by atoms with E-state index in [4.69, 9.17) is 4.74 Å². The van der Waals surface area contributed by atoms with E-state index in [0.29, 0.717) is 49.8 Å². The molecule has 3 amide bonds. The Labute approximate surface area is 232 Å². The Balaban J connectivity index is 1.41. The molecule has 0 unspecified atom stereocenters. The minimum absolute atomic E-state index is 0.125. The minimum Gasteiger partial charge on any atom is -0.493 e. The minimum atomic E-state index is -1.14. The average Bonchev–Trinajstić information content (AvgIpc) is 3.01. The lowest BCUT2D eigenvalue weighted by molar-refractivity contribution is -0.138. The number of ether oxygens (including phenoxy) is 1. The van der Waals surface area contributed by atoms with Gasteiger partial charge in [0.2, 0.25) is 17.7 Å². The molecule has 1 aromatic carbocycles. The summed E-state index contributed by atoms with van der Waals surface area (Å²) in [5.41, 5.74) is 1.34. The number of benzene rings is 1. The summed E-state index contributed by atoms with van der Waals surface area (Å²) in [6, 6.07) is 9.51. The van der Waals surface area contributed by atoms with E-state index in [1.54, 1.807) is 36.9 Å². The molecular weight excluding hydrogens is 492 g/mol. The number of pyridine rings is 1. The number of aromatic nitrogens is 1. The molecule has 0 radical (unpaired) electrons. The number of hydrogen-bond donors (Lipinski definition) is 0. The maximum atomic E-state index is 13.4. The second-order valence-corrected chi connectivity index (χ2v) is 11.2. The zero-order valence-corrected chi connectivity index (χ0v) is 23.8. The van der Waals surface area contributed by atoms with Crippen LogP contribution in [0.15, 0.2) is 42.7 Å². The summed E-state index contributed by atoms with van der Waals surface area (Å²) in [4.78, 5) is 49.0. The van der Waals surface area contributed by atoms with E-state index in [9.17, 15) is 14.4 Å². The second-order valence-electron chi connectivity index (χ2n) is 11.2. The first-order valence-electron chi connectivity index (χ1n) is 14.3. The summed E-state index contributed by atoms with van der Waals surface area (Å²) < 4.78 is 6.09. The Morgan fingerprint density at radius 2 is 1.85 bits per heavy atom. The predicted molar refractivity (Wildman–Crippen MR) is 153 cm³/mol. The fraction of sp³-hybridized carbons (Fsp3) is 0.548. The third-order valence-electron chi connectivity index (χ3n) is 8.03. The second kappa shape index (κ2) is 12.6. The van der Waals surface area contributed by atoms with Gasteiger partial charge in [0, 0.05) is 51.1 Å². The van der Waals surface area contributed by atoms with Crippen LogP contribution in [0.5, 0.6) is 5.75 Å². The predicted octanol–water partition coefficient (Wildman–Crippen LogP) is 4.86. The highest BCUT2D eigenvalue weighted by atomic mass is 16.5. The van der Waals surface area contributed by atoms with Crippen molar-refractivity contribution in [3.8, 4) is 5.75 Å². The van der Waals surface area contributed by atoms with E-state index >= 15 is 0 Å². The Morgan fingerprint density at radius 3 is 2.54 bits per heavy atom. The largest absolute Gasteiger partial charge is 0.493 e. The van der Waals surface area contributed by atoms with Crippen molar-refractivity contribution in [2.75, 3.05) is 43.1 Å². The van der Waals surface area contributed by atoms with Crippen molar-refractivity contribution in [2.45, 2.75) is 65.7 Å². The van der Waals surface area contributed by atoms with Gasteiger partial charge < -0.3 is 19.4 Å². The maximum absolute atomic E-state index is 13.4. The standard InChI is InChI=1S/C31H42N4O4/c1-5-35-26-15-14-25(21-27(26)33(4)29(37)31(2,3)30(35)38)39-20-10-18-34(19-16-23-11-9-17-32-22-23)28(36)24-12-7-6-8-13-24/h9,11,14-15,17,21-22,24H,5-8,10,12-13,16,18-20H2,1-4H3. The van der Waals surface area contributed by atoms with E-state index in [1.807, 2.05) is 48.4 Å². The number of rotatable bonds is 10. The Morgan fingerprint density at radius 1 is 1.08 bits per heavy atom. The maximum Gasteiger partial charge on any atom is 0.242 e. The van der Waals surface area contributed by atoms with Gasteiger partial charge in [-0.15, -0.1) is 0 Å². The number of amides is 3. The van der Waals surface area contributed by atoms with Gasteiger partial charge in [0.1, 0.15) is 11.2 Å². The molecular formula is C31H42N4O4. The van der Waals surface area contributed by atoms with Gasteiger partial charge >= 0.3 is 0 Å². The van der Waals surface area contributed by atoms with Gasteiger partial charge in [-0.25, -0.2) is 0 Å². The lowest BCUT2D eigenvalue weighted by atomic mass is 9.88. The molecule has 39 heavy (non-hydrogen) atoms. The molecule has 0 saturated heterocycles. The zero-order valence-electron chi connectivity index (χ0n) is 23.8. The molecule has 2 aliphatic rings. The molecule has 0 N–H and O–H groups in total. The number of carbonyl (C=O) groups is 3. The molecule has 210 valence electrons. The summed E-state index contributed by atoms with van der Waals surface area (Å²) in [6.45, 7) is 7.48. The highest BCUT2D eigenvalue weighted by molar-refractivity contribution is 6.20. The van der Waals surface area contributed by atoms with Crippen LogP contribution in [0.4, 0.5) is 11.4 Å². The van der Waals surface area contributed by atoms with E-state index in [2.05, 4.69) is 4.98 Å². The van der Waals surface area contributed by atoms with Crippen molar-refractivity contribution in [1.29, 1.82) is 0 Å². The smallest absolute Gasteiger partial charge is 0.242 e. The summed E-state index contributed by atoms with van der Waals surface area (Å²) in [6.07, 6.45) is 10.5. The monoisotopic (exact) mass is 534 g/mol. The lowest BCUT2D eigenvalue weighted by Gasteiger charge is -2.29. The van der Waals surface area contributed by atoms with E-state index < -0.39 is 5.41 Å². The van der Waals surface area contributed by atoms with Crippen molar-refractivity contribution < 1.29 is 19.1 Å². The van der Waals surface area contributed by atoms with Crippen LogP contribution < -0.4 is 14.5 Å². The molecule has 0 atom stereocenters. The van der Waals surface area contributed by atoms with Crippen LogP contribution in [0.2, 0.25) is 0 Å². The van der Waals surface area contributed by atoms with Gasteiger partial charge in [-0.2, -0.15) is 0 Å². The van der Waals surface area contributed by atoms with Crippen LogP contribution in [0.3, 0.4) is 0 Å². The molecule has 1 fully saturated rings. The molecule has 0 spiro atoms. The Kier molecular flexibility index (Phi) is 9.25. The molecule has 0 bridgehead atoms. The fourth-order valence-electron chi connectivity index (χ4n) is 5.67. The highest BCUT2D eigenvalue weighted by Crippen LogP contribution is 2.40. The Bertz CT molecular complexity index is 1160. The first-order chi connectivity index (χ1) is 18.7. The molecule has 2 aromatic rings. The average molecular weight is 535 g/mol. The SMILES string of the molecule is CCN1C(=O)C(C)(C)C(=O)N(C)c2cc(OCCCN(CCc3cccnc3)C(=O)C3CCCCC3)ccc21. The van der Waals surface area contributed by atoms with Crippen molar-refractivity contribution in [3.63, 3.8) is 0 Å². The number of anilines is 2. The molecule has 8 heteroatoms.